The van der Waals surface area contributed by atoms with Gasteiger partial charge in [0, 0.05) is 19.6 Å². The lowest BCUT2D eigenvalue weighted by atomic mass is 10.1. The molecular weight excluding hydrogens is 331 g/mol. The smallest absolute Gasteiger partial charge is 0.406 e. The van der Waals surface area contributed by atoms with Gasteiger partial charge in [-0.1, -0.05) is 42.5 Å². The molecule has 2 aromatic carbocycles. The molecule has 0 aliphatic carbocycles. The number of ether oxygens (including phenoxy) is 2. The maximum Gasteiger partial charge on any atom is 0.573 e. The van der Waals surface area contributed by atoms with Gasteiger partial charge in [0.25, 0.3) is 0 Å². The van der Waals surface area contributed by atoms with Gasteiger partial charge < -0.3 is 9.47 Å². The first-order valence-electron chi connectivity index (χ1n) is 8.23. The highest BCUT2D eigenvalue weighted by Crippen LogP contribution is 2.28. The molecular formula is C19H20F3NO2. The number of nitrogens with zero attached hydrogens (tertiary/aromatic N) is 1. The molecule has 0 N–H and O–H groups in total. The average Bonchev–Trinajstić information content (AvgIpc) is 2.81. The van der Waals surface area contributed by atoms with Crippen LogP contribution < -0.4 is 4.74 Å². The van der Waals surface area contributed by atoms with Gasteiger partial charge in [0.15, 0.2) is 0 Å². The van der Waals surface area contributed by atoms with Crippen LogP contribution in [0.2, 0.25) is 0 Å². The Balaban J connectivity index is 1.57. The molecule has 0 aromatic heterocycles. The molecule has 0 saturated carbocycles. The SMILES string of the molecule is FC(F)(F)Oc1ccc(C2CCN(Cc3ccccc3)CCO2)cc1. The summed E-state index contributed by atoms with van der Waals surface area (Å²) in [6, 6.07) is 16.2. The summed E-state index contributed by atoms with van der Waals surface area (Å²) in [7, 11) is 0. The molecule has 25 heavy (non-hydrogen) atoms. The summed E-state index contributed by atoms with van der Waals surface area (Å²) >= 11 is 0. The molecule has 134 valence electrons. The second kappa shape index (κ2) is 7.89. The van der Waals surface area contributed by atoms with Crippen molar-refractivity contribution in [1.82, 2.24) is 4.90 Å². The zero-order valence-corrected chi connectivity index (χ0v) is 13.7. The van der Waals surface area contributed by atoms with Crippen LogP contribution in [0.5, 0.6) is 5.75 Å². The maximum absolute atomic E-state index is 12.2. The third kappa shape index (κ3) is 5.47. The van der Waals surface area contributed by atoms with Crippen molar-refractivity contribution in [1.29, 1.82) is 0 Å². The summed E-state index contributed by atoms with van der Waals surface area (Å²) in [5.41, 5.74) is 2.13. The van der Waals surface area contributed by atoms with E-state index in [1.807, 2.05) is 18.2 Å². The lowest BCUT2D eigenvalue weighted by molar-refractivity contribution is -0.274. The Morgan fingerprint density at radius 3 is 2.40 bits per heavy atom. The molecule has 1 unspecified atom stereocenters. The van der Waals surface area contributed by atoms with E-state index in [9.17, 15) is 13.2 Å². The molecule has 3 rings (SSSR count). The average molecular weight is 351 g/mol. The van der Waals surface area contributed by atoms with Gasteiger partial charge in [0.2, 0.25) is 0 Å². The van der Waals surface area contributed by atoms with Crippen LogP contribution in [0, 0.1) is 0 Å². The monoisotopic (exact) mass is 351 g/mol. The van der Waals surface area contributed by atoms with Gasteiger partial charge in [-0.3, -0.25) is 4.90 Å². The molecule has 3 nitrogen and oxygen atoms in total. The summed E-state index contributed by atoms with van der Waals surface area (Å²) < 4.78 is 46.5. The van der Waals surface area contributed by atoms with Crippen LogP contribution in [-0.4, -0.2) is 31.0 Å². The van der Waals surface area contributed by atoms with Crippen LogP contribution >= 0.6 is 0 Å². The lowest BCUT2D eigenvalue weighted by Gasteiger charge is -2.19. The van der Waals surface area contributed by atoms with E-state index in [0.717, 1.165) is 31.6 Å². The maximum atomic E-state index is 12.2. The first kappa shape index (κ1) is 17.8. The van der Waals surface area contributed by atoms with Crippen molar-refractivity contribution in [2.45, 2.75) is 25.4 Å². The van der Waals surface area contributed by atoms with E-state index in [-0.39, 0.29) is 11.9 Å². The minimum atomic E-state index is -4.67. The van der Waals surface area contributed by atoms with Gasteiger partial charge in [-0.25, -0.2) is 0 Å². The number of hydrogen-bond donors (Lipinski definition) is 0. The second-order valence-electron chi connectivity index (χ2n) is 6.03. The third-order valence-corrected chi connectivity index (χ3v) is 4.17. The Labute approximate surface area is 145 Å². The van der Waals surface area contributed by atoms with Gasteiger partial charge in [0.1, 0.15) is 5.75 Å². The van der Waals surface area contributed by atoms with E-state index < -0.39 is 6.36 Å². The second-order valence-corrected chi connectivity index (χ2v) is 6.03. The lowest BCUT2D eigenvalue weighted by Crippen LogP contribution is -2.25. The molecule has 0 spiro atoms. The van der Waals surface area contributed by atoms with Crippen molar-refractivity contribution >= 4 is 0 Å². The summed E-state index contributed by atoms with van der Waals surface area (Å²) in [6.07, 6.45) is -3.98. The molecule has 2 aromatic rings. The summed E-state index contributed by atoms with van der Waals surface area (Å²) in [5, 5.41) is 0. The zero-order chi connectivity index (χ0) is 17.7. The quantitative estimate of drug-likeness (QED) is 0.807. The first-order valence-corrected chi connectivity index (χ1v) is 8.23. The molecule has 0 bridgehead atoms. The molecule has 1 fully saturated rings. The van der Waals surface area contributed by atoms with Crippen LogP contribution in [-0.2, 0) is 11.3 Å². The van der Waals surface area contributed by atoms with Crippen molar-refractivity contribution in [2.24, 2.45) is 0 Å². The number of halogens is 3. The fourth-order valence-electron chi connectivity index (χ4n) is 2.97. The largest absolute Gasteiger partial charge is 0.573 e. The standard InChI is InChI=1S/C19H20F3NO2/c20-19(21,22)25-17-8-6-16(7-9-17)18-10-11-23(12-13-24-18)14-15-4-2-1-3-5-15/h1-9,18H,10-14H2. The Morgan fingerprint density at radius 2 is 1.72 bits per heavy atom. The van der Waals surface area contributed by atoms with Crippen molar-refractivity contribution in [3.63, 3.8) is 0 Å². The van der Waals surface area contributed by atoms with E-state index in [2.05, 4.69) is 21.8 Å². The van der Waals surface area contributed by atoms with Crippen molar-refractivity contribution < 1.29 is 22.6 Å². The predicted octanol–water partition coefficient (Wildman–Crippen LogP) is 4.55. The summed E-state index contributed by atoms with van der Waals surface area (Å²) in [6.45, 7) is 3.18. The minimum absolute atomic E-state index is 0.110. The van der Waals surface area contributed by atoms with Crippen LogP contribution in [0.25, 0.3) is 0 Å². The van der Waals surface area contributed by atoms with Crippen LogP contribution in [0.4, 0.5) is 13.2 Å². The minimum Gasteiger partial charge on any atom is -0.406 e. The number of hydrogen-bond acceptors (Lipinski definition) is 3. The first-order chi connectivity index (χ1) is 12.0. The van der Waals surface area contributed by atoms with Gasteiger partial charge in [-0.15, -0.1) is 13.2 Å². The number of benzene rings is 2. The van der Waals surface area contributed by atoms with Crippen LogP contribution in [0.15, 0.2) is 54.6 Å². The van der Waals surface area contributed by atoms with Crippen molar-refractivity contribution in [3.8, 4) is 5.75 Å². The van der Waals surface area contributed by atoms with Crippen LogP contribution in [0.3, 0.4) is 0 Å². The topological polar surface area (TPSA) is 21.7 Å². The van der Waals surface area contributed by atoms with Gasteiger partial charge >= 0.3 is 6.36 Å². The summed E-state index contributed by atoms with van der Waals surface area (Å²) in [5.74, 6) is -0.212. The zero-order valence-electron chi connectivity index (χ0n) is 13.7. The van der Waals surface area contributed by atoms with E-state index in [0.29, 0.717) is 6.61 Å². The molecule has 1 atom stereocenters. The van der Waals surface area contributed by atoms with Crippen LogP contribution in [0.1, 0.15) is 23.7 Å². The Kier molecular flexibility index (Phi) is 5.60. The normalized spacial score (nSPS) is 19.4. The highest BCUT2D eigenvalue weighted by atomic mass is 19.4. The molecule has 1 aliphatic heterocycles. The molecule has 1 heterocycles. The highest BCUT2D eigenvalue weighted by Gasteiger charge is 2.31. The molecule has 1 saturated heterocycles. The number of alkyl halides is 3. The van der Waals surface area contributed by atoms with E-state index in [1.54, 1.807) is 12.1 Å². The van der Waals surface area contributed by atoms with Crippen molar-refractivity contribution in [2.75, 3.05) is 19.7 Å². The van der Waals surface area contributed by atoms with Gasteiger partial charge in [0.05, 0.1) is 12.7 Å². The van der Waals surface area contributed by atoms with Gasteiger partial charge in [-0.2, -0.15) is 0 Å². The van der Waals surface area contributed by atoms with Crippen molar-refractivity contribution in [3.05, 3.63) is 65.7 Å². The summed E-state index contributed by atoms with van der Waals surface area (Å²) in [4.78, 5) is 2.33. The molecule has 0 radical (unpaired) electrons. The van der Waals surface area contributed by atoms with E-state index in [1.165, 1.54) is 17.7 Å². The number of rotatable bonds is 4. The Hall–Kier alpha value is -2.05. The molecule has 6 heteroatoms. The molecule has 1 aliphatic rings. The highest BCUT2D eigenvalue weighted by molar-refractivity contribution is 5.29. The Bertz CT molecular complexity index is 659. The third-order valence-electron chi connectivity index (χ3n) is 4.17. The fourth-order valence-corrected chi connectivity index (χ4v) is 2.97. The molecule has 0 amide bonds. The fraction of sp³-hybridized carbons (Fsp3) is 0.368. The van der Waals surface area contributed by atoms with Gasteiger partial charge in [-0.05, 0) is 29.7 Å². The Morgan fingerprint density at radius 1 is 1.00 bits per heavy atom. The predicted molar refractivity (Wildman–Crippen MR) is 88.2 cm³/mol. The van der Waals surface area contributed by atoms with E-state index >= 15 is 0 Å². The van der Waals surface area contributed by atoms with E-state index in [4.69, 9.17) is 4.74 Å².